The molecule has 2 N–H and O–H groups in total. The van der Waals surface area contributed by atoms with Gasteiger partial charge in [-0.05, 0) is 25.5 Å². The largest absolute Gasteiger partial charge is 0.481 e. The van der Waals surface area contributed by atoms with Gasteiger partial charge in [-0.15, -0.1) is 0 Å². The number of amides is 2. The molecule has 108 valence electrons. The summed E-state index contributed by atoms with van der Waals surface area (Å²) in [5.41, 5.74) is -0.0925. The highest BCUT2D eigenvalue weighted by Crippen LogP contribution is 2.28. The number of aliphatic carboxylic acids is 1. The van der Waals surface area contributed by atoms with E-state index in [4.69, 9.17) is 16.7 Å². The Kier molecular flexibility index (Phi) is 4.13. The number of para-hydroxylation sites is 1. The Morgan fingerprint density at radius 1 is 1.50 bits per heavy atom. The van der Waals surface area contributed by atoms with E-state index >= 15 is 0 Å². The monoisotopic (exact) mass is 300 g/mol. The van der Waals surface area contributed by atoms with Crippen LogP contribution in [0, 0.1) is 11.7 Å². The van der Waals surface area contributed by atoms with Gasteiger partial charge in [-0.1, -0.05) is 17.7 Å². The molecule has 0 aromatic heterocycles. The van der Waals surface area contributed by atoms with Crippen LogP contribution in [0.1, 0.15) is 13.3 Å². The summed E-state index contributed by atoms with van der Waals surface area (Å²) >= 11 is 5.83. The minimum atomic E-state index is -0.934. The van der Waals surface area contributed by atoms with E-state index in [-0.39, 0.29) is 10.7 Å². The van der Waals surface area contributed by atoms with Crippen LogP contribution in [0.25, 0.3) is 0 Å². The number of halogens is 2. The van der Waals surface area contributed by atoms with Crippen molar-refractivity contribution in [3.8, 4) is 0 Å². The third kappa shape index (κ3) is 2.70. The van der Waals surface area contributed by atoms with Crippen molar-refractivity contribution in [2.24, 2.45) is 5.92 Å². The standard InChI is InChI=1S/C13H14ClFN2O3/c1-7-8(12(18)19)5-6-17(7)13(20)16-11-9(14)3-2-4-10(11)15/h2-4,7-8H,5-6H2,1H3,(H,16,20)(H,18,19). The molecule has 0 saturated carbocycles. The smallest absolute Gasteiger partial charge is 0.322 e. The molecular formula is C13H14ClFN2O3. The summed E-state index contributed by atoms with van der Waals surface area (Å²) < 4.78 is 13.6. The van der Waals surface area contributed by atoms with Gasteiger partial charge in [-0.3, -0.25) is 4.79 Å². The second-order valence-corrected chi connectivity index (χ2v) is 5.10. The van der Waals surface area contributed by atoms with Crippen molar-refractivity contribution in [3.63, 3.8) is 0 Å². The SMILES string of the molecule is CC1C(C(=O)O)CCN1C(=O)Nc1c(F)cccc1Cl. The number of rotatable bonds is 2. The molecule has 0 spiro atoms. The van der Waals surface area contributed by atoms with Gasteiger partial charge in [0.25, 0.3) is 0 Å². The highest BCUT2D eigenvalue weighted by atomic mass is 35.5. The number of benzene rings is 1. The summed E-state index contributed by atoms with van der Waals surface area (Å²) in [6.07, 6.45) is 0.384. The molecule has 1 saturated heterocycles. The Hall–Kier alpha value is -1.82. The van der Waals surface area contributed by atoms with E-state index in [0.717, 1.165) is 0 Å². The molecule has 1 aromatic rings. The predicted octanol–water partition coefficient (Wildman–Crippen LogP) is 2.81. The van der Waals surface area contributed by atoms with Crippen LogP contribution in [0.15, 0.2) is 18.2 Å². The summed E-state index contributed by atoms with van der Waals surface area (Å²) in [5, 5.41) is 11.5. The van der Waals surface area contributed by atoms with Crippen LogP contribution in [0.3, 0.4) is 0 Å². The number of anilines is 1. The minimum absolute atomic E-state index is 0.0925. The maximum absolute atomic E-state index is 13.6. The van der Waals surface area contributed by atoms with Gasteiger partial charge in [0.15, 0.2) is 0 Å². The highest BCUT2D eigenvalue weighted by molar-refractivity contribution is 6.33. The van der Waals surface area contributed by atoms with Gasteiger partial charge >= 0.3 is 12.0 Å². The second kappa shape index (κ2) is 5.66. The van der Waals surface area contributed by atoms with Gasteiger partial charge in [0.1, 0.15) is 5.82 Å². The number of urea groups is 1. The van der Waals surface area contributed by atoms with Crippen molar-refractivity contribution in [1.29, 1.82) is 0 Å². The maximum atomic E-state index is 13.6. The normalized spacial score (nSPS) is 21.9. The van der Waals surface area contributed by atoms with Crippen LogP contribution >= 0.6 is 11.6 Å². The van der Waals surface area contributed by atoms with Crippen LogP contribution < -0.4 is 5.32 Å². The van der Waals surface area contributed by atoms with E-state index in [9.17, 15) is 14.0 Å². The van der Waals surface area contributed by atoms with Crippen molar-refractivity contribution in [2.75, 3.05) is 11.9 Å². The van der Waals surface area contributed by atoms with E-state index in [1.54, 1.807) is 6.92 Å². The van der Waals surface area contributed by atoms with E-state index in [0.29, 0.717) is 13.0 Å². The molecule has 2 rings (SSSR count). The van der Waals surface area contributed by atoms with Crippen LogP contribution in [0.5, 0.6) is 0 Å². The van der Waals surface area contributed by atoms with Crippen LogP contribution in [0.2, 0.25) is 5.02 Å². The molecule has 2 unspecified atom stereocenters. The maximum Gasteiger partial charge on any atom is 0.322 e. The number of carboxylic acid groups (broad SMARTS) is 1. The molecular weight excluding hydrogens is 287 g/mol. The third-order valence-electron chi connectivity index (χ3n) is 3.53. The lowest BCUT2D eigenvalue weighted by Crippen LogP contribution is -2.40. The van der Waals surface area contributed by atoms with Gasteiger partial charge in [0.2, 0.25) is 0 Å². The molecule has 0 radical (unpaired) electrons. The first-order valence-electron chi connectivity index (χ1n) is 6.16. The van der Waals surface area contributed by atoms with E-state index < -0.39 is 29.8 Å². The van der Waals surface area contributed by atoms with Gasteiger partial charge in [-0.2, -0.15) is 0 Å². The zero-order chi connectivity index (χ0) is 14.9. The Bertz CT molecular complexity index is 532. The van der Waals surface area contributed by atoms with E-state index in [2.05, 4.69) is 5.32 Å². The van der Waals surface area contributed by atoms with Gasteiger partial charge in [0.05, 0.1) is 16.6 Å². The van der Waals surface area contributed by atoms with E-state index in [1.807, 2.05) is 0 Å². The van der Waals surface area contributed by atoms with Crippen LogP contribution in [-0.2, 0) is 4.79 Å². The average Bonchev–Trinajstić information content (AvgIpc) is 2.76. The number of nitrogens with zero attached hydrogens (tertiary/aromatic N) is 1. The summed E-state index contributed by atoms with van der Waals surface area (Å²) in [6.45, 7) is 1.98. The zero-order valence-corrected chi connectivity index (χ0v) is 11.5. The predicted molar refractivity (Wildman–Crippen MR) is 72.3 cm³/mol. The lowest BCUT2D eigenvalue weighted by atomic mass is 10.0. The Morgan fingerprint density at radius 3 is 2.75 bits per heavy atom. The first-order valence-corrected chi connectivity index (χ1v) is 6.54. The lowest BCUT2D eigenvalue weighted by molar-refractivity contribution is -0.142. The fraction of sp³-hybridized carbons (Fsp3) is 0.385. The quantitative estimate of drug-likeness (QED) is 0.882. The van der Waals surface area contributed by atoms with Crippen molar-refractivity contribution in [1.82, 2.24) is 4.90 Å². The third-order valence-corrected chi connectivity index (χ3v) is 3.84. The summed E-state index contributed by atoms with van der Waals surface area (Å²) in [7, 11) is 0. The summed E-state index contributed by atoms with van der Waals surface area (Å²) in [6, 6.07) is 3.10. The van der Waals surface area contributed by atoms with Crippen LogP contribution in [-0.4, -0.2) is 34.6 Å². The molecule has 20 heavy (non-hydrogen) atoms. The topological polar surface area (TPSA) is 69.6 Å². The molecule has 1 aliphatic rings. The van der Waals surface area contributed by atoms with Crippen molar-refractivity contribution in [3.05, 3.63) is 29.0 Å². The van der Waals surface area contributed by atoms with Crippen LogP contribution in [0.4, 0.5) is 14.9 Å². The number of carbonyl (C=O) groups excluding carboxylic acids is 1. The Morgan fingerprint density at radius 2 is 2.20 bits per heavy atom. The fourth-order valence-electron chi connectivity index (χ4n) is 2.35. The molecule has 5 nitrogen and oxygen atoms in total. The number of hydrogen-bond donors (Lipinski definition) is 2. The van der Waals surface area contributed by atoms with Crippen molar-refractivity contribution < 1.29 is 19.1 Å². The number of nitrogens with one attached hydrogen (secondary N) is 1. The van der Waals surface area contributed by atoms with Crippen molar-refractivity contribution in [2.45, 2.75) is 19.4 Å². The molecule has 1 heterocycles. The number of carbonyl (C=O) groups is 2. The second-order valence-electron chi connectivity index (χ2n) is 4.69. The Balaban J connectivity index is 2.12. The molecule has 1 aromatic carbocycles. The van der Waals surface area contributed by atoms with Gasteiger partial charge < -0.3 is 15.3 Å². The molecule has 0 bridgehead atoms. The number of carboxylic acids is 1. The zero-order valence-electron chi connectivity index (χ0n) is 10.8. The minimum Gasteiger partial charge on any atom is -0.481 e. The number of hydrogen-bond acceptors (Lipinski definition) is 2. The molecule has 7 heteroatoms. The van der Waals surface area contributed by atoms with Gasteiger partial charge in [0, 0.05) is 12.6 Å². The molecule has 1 aliphatic heterocycles. The highest BCUT2D eigenvalue weighted by Gasteiger charge is 2.38. The lowest BCUT2D eigenvalue weighted by Gasteiger charge is -2.24. The number of likely N-dealkylation sites (tertiary alicyclic amines) is 1. The first-order chi connectivity index (χ1) is 9.41. The Labute approximate surface area is 120 Å². The molecule has 2 amide bonds. The molecule has 0 aliphatic carbocycles. The molecule has 1 fully saturated rings. The van der Waals surface area contributed by atoms with E-state index in [1.165, 1.54) is 23.1 Å². The average molecular weight is 301 g/mol. The van der Waals surface area contributed by atoms with Gasteiger partial charge in [-0.25, -0.2) is 9.18 Å². The fourth-order valence-corrected chi connectivity index (χ4v) is 2.56. The summed E-state index contributed by atoms with van der Waals surface area (Å²) in [4.78, 5) is 24.5. The first kappa shape index (κ1) is 14.6. The summed E-state index contributed by atoms with van der Waals surface area (Å²) in [5.74, 6) is -2.17. The molecule has 2 atom stereocenters. The van der Waals surface area contributed by atoms with Crippen molar-refractivity contribution >= 4 is 29.3 Å².